The number of nitrogens with zero attached hydrogens (tertiary/aromatic N) is 1. The van der Waals surface area contributed by atoms with Crippen molar-refractivity contribution >= 4 is 11.9 Å². The van der Waals surface area contributed by atoms with Gasteiger partial charge in [0.05, 0.1) is 12.0 Å². The molecule has 1 heterocycles. The van der Waals surface area contributed by atoms with E-state index in [0.29, 0.717) is 25.6 Å². The molecule has 0 aromatic carbocycles. The molecule has 0 radical (unpaired) electrons. The first-order valence-corrected chi connectivity index (χ1v) is 7.31. The minimum absolute atomic E-state index is 0.0418. The number of carboxylic acid groups (broad SMARTS) is 1. The molecule has 5 heteroatoms. The molecule has 1 saturated heterocycles. The van der Waals surface area contributed by atoms with Crippen LogP contribution in [-0.4, -0.2) is 47.6 Å². The molecule has 2 rings (SSSR count). The van der Waals surface area contributed by atoms with Gasteiger partial charge in [-0.3, -0.25) is 14.5 Å². The summed E-state index contributed by atoms with van der Waals surface area (Å²) in [5, 5.41) is 12.5. The fraction of sp³-hybridized carbons (Fsp3) is 0.857. The van der Waals surface area contributed by atoms with Crippen molar-refractivity contribution in [2.24, 2.45) is 5.41 Å². The molecule has 1 aliphatic carbocycles. The number of piperidine rings is 1. The standard InChI is InChI=1S/C14H24N2O3/c1-2-6-14(13(18)19)7-3-8-16(10-14)9-12(17)15-11-4-5-11/h11H,2-10H2,1H3,(H,15,17)(H,18,19). The number of amides is 1. The van der Waals surface area contributed by atoms with Crippen LogP contribution in [0.3, 0.4) is 0 Å². The summed E-state index contributed by atoms with van der Waals surface area (Å²) in [5.41, 5.74) is -0.646. The van der Waals surface area contributed by atoms with Gasteiger partial charge < -0.3 is 10.4 Å². The number of hydrogen-bond acceptors (Lipinski definition) is 3. The zero-order chi connectivity index (χ0) is 13.9. The molecule has 0 aromatic heterocycles. The summed E-state index contributed by atoms with van der Waals surface area (Å²) in [7, 11) is 0. The third kappa shape index (κ3) is 3.69. The van der Waals surface area contributed by atoms with Crippen LogP contribution in [-0.2, 0) is 9.59 Å². The van der Waals surface area contributed by atoms with E-state index in [1.165, 1.54) is 0 Å². The SMILES string of the molecule is CCCC1(C(=O)O)CCCN(CC(=O)NC2CC2)C1. The van der Waals surface area contributed by atoms with Gasteiger partial charge in [0.25, 0.3) is 0 Å². The van der Waals surface area contributed by atoms with Gasteiger partial charge in [0, 0.05) is 12.6 Å². The van der Waals surface area contributed by atoms with Crippen molar-refractivity contribution in [3.05, 3.63) is 0 Å². The van der Waals surface area contributed by atoms with Gasteiger partial charge in [-0.05, 0) is 38.6 Å². The first kappa shape index (κ1) is 14.3. The molecule has 19 heavy (non-hydrogen) atoms. The molecule has 1 aliphatic heterocycles. The average molecular weight is 268 g/mol. The van der Waals surface area contributed by atoms with Crippen LogP contribution in [0.4, 0.5) is 0 Å². The number of nitrogens with one attached hydrogen (secondary N) is 1. The van der Waals surface area contributed by atoms with Gasteiger partial charge in [0.15, 0.2) is 0 Å². The van der Waals surface area contributed by atoms with E-state index >= 15 is 0 Å². The van der Waals surface area contributed by atoms with Crippen molar-refractivity contribution in [2.45, 2.75) is 51.5 Å². The summed E-state index contributed by atoms with van der Waals surface area (Å²) in [4.78, 5) is 25.4. The predicted molar refractivity (Wildman–Crippen MR) is 71.8 cm³/mol. The summed E-state index contributed by atoms with van der Waals surface area (Å²) >= 11 is 0. The second kappa shape index (κ2) is 5.90. The second-order valence-corrected chi connectivity index (χ2v) is 5.99. The lowest BCUT2D eigenvalue weighted by atomic mass is 9.76. The molecule has 1 saturated carbocycles. The summed E-state index contributed by atoms with van der Waals surface area (Å²) in [5.74, 6) is -0.665. The first-order chi connectivity index (χ1) is 9.05. The lowest BCUT2D eigenvalue weighted by molar-refractivity contribution is -0.154. The zero-order valence-electron chi connectivity index (χ0n) is 11.7. The van der Waals surface area contributed by atoms with E-state index in [2.05, 4.69) is 5.32 Å². The van der Waals surface area contributed by atoms with E-state index in [-0.39, 0.29) is 5.91 Å². The number of hydrogen-bond donors (Lipinski definition) is 2. The number of likely N-dealkylation sites (tertiary alicyclic amines) is 1. The van der Waals surface area contributed by atoms with E-state index in [9.17, 15) is 14.7 Å². The maximum atomic E-state index is 11.8. The summed E-state index contributed by atoms with van der Waals surface area (Å²) < 4.78 is 0. The van der Waals surface area contributed by atoms with Crippen LogP contribution >= 0.6 is 0 Å². The maximum Gasteiger partial charge on any atom is 0.310 e. The Balaban J connectivity index is 1.90. The van der Waals surface area contributed by atoms with Crippen LogP contribution in [0.25, 0.3) is 0 Å². The molecule has 1 unspecified atom stereocenters. The Kier molecular flexibility index (Phi) is 4.45. The van der Waals surface area contributed by atoms with E-state index < -0.39 is 11.4 Å². The number of aliphatic carboxylic acids is 1. The Bertz CT molecular complexity index is 351. The van der Waals surface area contributed by atoms with Gasteiger partial charge in [-0.2, -0.15) is 0 Å². The first-order valence-electron chi connectivity index (χ1n) is 7.31. The van der Waals surface area contributed by atoms with Gasteiger partial charge in [-0.25, -0.2) is 0 Å². The second-order valence-electron chi connectivity index (χ2n) is 5.99. The third-order valence-electron chi connectivity index (χ3n) is 4.15. The average Bonchev–Trinajstić information content (AvgIpc) is 3.13. The highest BCUT2D eigenvalue weighted by molar-refractivity contribution is 5.79. The largest absolute Gasteiger partial charge is 0.481 e. The molecule has 2 N–H and O–H groups in total. The van der Waals surface area contributed by atoms with Gasteiger partial charge >= 0.3 is 5.97 Å². The highest BCUT2D eigenvalue weighted by Gasteiger charge is 2.41. The van der Waals surface area contributed by atoms with Crippen molar-refractivity contribution in [2.75, 3.05) is 19.6 Å². The van der Waals surface area contributed by atoms with E-state index in [0.717, 1.165) is 38.6 Å². The summed E-state index contributed by atoms with van der Waals surface area (Å²) in [6, 6.07) is 0.372. The monoisotopic (exact) mass is 268 g/mol. The Labute approximate surface area is 114 Å². The van der Waals surface area contributed by atoms with Crippen LogP contribution in [0, 0.1) is 5.41 Å². The molecule has 2 aliphatic rings. The molecule has 0 aromatic rings. The molecule has 2 fully saturated rings. The van der Waals surface area contributed by atoms with Crippen LogP contribution in [0.1, 0.15) is 45.4 Å². The zero-order valence-corrected chi connectivity index (χ0v) is 11.7. The lowest BCUT2D eigenvalue weighted by Gasteiger charge is -2.39. The minimum atomic E-state index is -0.707. The van der Waals surface area contributed by atoms with Crippen molar-refractivity contribution < 1.29 is 14.7 Å². The highest BCUT2D eigenvalue weighted by atomic mass is 16.4. The number of carbonyl (C=O) groups is 2. The summed E-state index contributed by atoms with van der Waals surface area (Å²) in [6.07, 6.45) is 5.33. The maximum absolute atomic E-state index is 11.8. The Morgan fingerprint density at radius 3 is 2.74 bits per heavy atom. The van der Waals surface area contributed by atoms with Crippen LogP contribution < -0.4 is 5.32 Å². The normalized spacial score (nSPS) is 28.1. The number of carbonyl (C=O) groups excluding carboxylic acids is 1. The fourth-order valence-electron chi connectivity index (χ4n) is 3.03. The third-order valence-corrected chi connectivity index (χ3v) is 4.15. The number of rotatable bonds is 6. The lowest BCUT2D eigenvalue weighted by Crippen LogP contribution is -2.50. The van der Waals surface area contributed by atoms with E-state index in [4.69, 9.17) is 0 Å². The quantitative estimate of drug-likeness (QED) is 0.760. The fourth-order valence-corrected chi connectivity index (χ4v) is 3.03. The predicted octanol–water partition coefficient (Wildman–Crippen LogP) is 1.23. The summed E-state index contributed by atoms with van der Waals surface area (Å²) in [6.45, 7) is 3.70. The molecule has 1 amide bonds. The number of carboxylic acids is 1. The van der Waals surface area contributed by atoms with Crippen molar-refractivity contribution in [3.8, 4) is 0 Å². The van der Waals surface area contributed by atoms with Gasteiger partial charge in [-0.15, -0.1) is 0 Å². The molecule has 108 valence electrons. The van der Waals surface area contributed by atoms with Crippen LogP contribution in [0.5, 0.6) is 0 Å². The van der Waals surface area contributed by atoms with Gasteiger partial charge in [-0.1, -0.05) is 13.3 Å². The highest BCUT2D eigenvalue weighted by Crippen LogP contribution is 2.34. The molecule has 0 spiro atoms. The smallest absolute Gasteiger partial charge is 0.310 e. The van der Waals surface area contributed by atoms with Gasteiger partial charge in [0.2, 0.25) is 5.91 Å². The van der Waals surface area contributed by atoms with Crippen molar-refractivity contribution in [3.63, 3.8) is 0 Å². The molecule has 5 nitrogen and oxygen atoms in total. The van der Waals surface area contributed by atoms with Crippen molar-refractivity contribution in [1.82, 2.24) is 10.2 Å². The Morgan fingerprint density at radius 2 is 2.16 bits per heavy atom. The Morgan fingerprint density at radius 1 is 1.42 bits per heavy atom. The Hall–Kier alpha value is -1.10. The molecular weight excluding hydrogens is 244 g/mol. The topological polar surface area (TPSA) is 69.6 Å². The van der Waals surface area contributed by atoms with E-state index in [1.807, 2.05) is 11.8 Å². The van der Waals surface area contributed by atoms with E-state index in [1.54, 1.807) is 0 Å². The van der Waals surface area contributed by atoms with Gasteiger partial charge in [0.1, 0.15) is 0 Å². The molecule has 0 bridgehead atoms. The van der Waals surface area contributed by atoms with Crippen LogP contribution in [0.2, 0.25) is 0 Å². The van der Waals surface area contributed by atoms with Crippen molar-refractivity contribution in [1.29, 1.82) is 0 Å². The molecule has 1 atom stereocenters. The van der Waals surface area contributed by atoms with Crippen LogP contribution in [0.15, 0.2) is 0 Å². The minimum Gasteiger partial charge on any atom is -0.481 e. The molecular formula is C14H24N2O3.